The molecule has 0 aliphatic rings. The van der Waals surface area contributed by atoms with Crippen LogP contribution in [0.3, 0.4) is 0 Å². The van der Waals surface area contributed by atoms with Crippen molar-refractivity contribution in [1.82, 2.24) is 9.88 Å². The summed E-state index contributed by atoms with van der Waals surface area (Å²) in [5.41, 5.74) is 6.26. The topological polar surface area (TPSA) is 63.4 Å². The molecule has 0 bridgehead atoms. The maximum absolute atomic E-state index is 5.71. The number of nitrogens with two attached hydrogens (primary N) is 1. The van der Waals surface area contributed by atoms with Crippen molar-refractivity contribution in [1.29, 1.82) is 0 Å². The molecule has 102 valence electrons. The molecule has 0 aliphatic heterocycles. The minimum absolute atomic E-state index is 0.472. The highest BCUT2D eigenvalue weighted by molar-refractivity contribution is 5.53. The number of nitrogen functional groups attached to an aromatic ring is 1. The number of aromatic nitrogens is 1. The second-order valence-corrected chi connectivity index (χ2v) is 4.65. The van der Waals surface area contributed by atoms with Gasteiger partial charge in [-0.2, -0.15) is 4.98 Å². The summed E-state index contributed by atoms with van der Waals surface area (Å²) in [6.45, 7) is 6.34. The number of methoxy groups -OCH3 is 1. The molecule has 0 fully saturated rings. The quantitative estimate of drug-likeness (QED) is 0.725. The van der Waals surface area contributed by atoms with Crippen molar-refractivity contribution in [3.63, 3.8) is 0 Å². The zero-order chi connectivity index (χ0) is 13.5. The van der Waals surface area contributed by atoms with Crippen LogP contribution in [0.25, 0.3) is 0 Å². The number of rotatable bonds is 7. The summed E-state index contributed by atoms with van der Waals surface area (Å²) >= 11 is 0. The molecular formula is C13H24N4O. The fraction of sp³-hybridized carbons (Fsp3) is 0.615. The predicted molar refractivity (Wildman–Crippen MR) is 76.1 cm³/mol. The maximum atomic E-state index is 5.71. The van der Waals surface area contributed by atoms with Gasteiger partial charge in [0.15, 0.2) is 0 Å². The summed E-state index contributed by atoms with van der Waals surface area (Å²) < 4.78 is 5.08. The fourth-order valence-corrected chi connectivity index (χ4v) is 1.52. The summed E-state index contributed by atoms with van der Waals surface area (Å²) in [6, 6.07) is 4.25. The first kappa shape index (κ1) is 14.6. The Morgan fingerprint density at radius 1 is 1.44 bits per heavy atom. The molecule has 5 nitrogen and oxygen atoms in total. The third-order valence-electron chi connectivity index (χ3n) is 2.96. The maximum Gasteiger partial charge on any atom is 0.238 e. The van der Waals surface area contributed by atoms with E-state index in [-0.39, 0.29) is 0 Å². The van der Waals surface area contributed by atoms with Gasteiger partial charge in [-0.05, 0) is 46.0 Å². The Bertz CT molecular complexity index is 368. The summed E-state index contributed by atoms with van der Waals surface area (Å²) in [6.07, 6.45) is 1.07. The number of hydrogen-bond acceptors (Lipinski definition) is 5. The first-order valence-corrected chi connectivity index (χ1v) is 6.29. The van der Waals surface area contributed by atoms with Crippen LogP contribution < -0.4 is 15.8 Å². The summed E-state index contributed by atoms with van der Waals surface area (Å²) in [5.74, 6) is 1.27. The van der Waals surface area contributed by atoms with Gasteiger partial charge in [0.1, 0.15) is 5.82 Å². The van der Waals surface area contributed by atoms with Gasteiger partial charge in [-0.15, -0.1) is 0 Å². The van der Waals surface area contributed by atoms with Gasteiger partial charge in [0.2, 0.25) is 5.88 Å². The molecule has 0 aromatic carbocycles. The average molecular weight is 252 g/mol. The smallest absolute Gasteiger partial charge is 0.238 e. The average Bonchev–Trinajstić information content (AvgIpc) is 2.35. The van der Waals surface area contributed by atoms with Crippen molar-refractivity contribution in [3.05, 3.63) is 12.1 Å². The number of nitrogens with one attached hydrogen (secondary N) is 1. The molecule has 0 saturated carbocycles. The van der Waals surface area contributed by atoms with Crippen LogP contribution in [0.15, 0.2) is 12.1 Å². The monoisotopic (exact) mass is 252 g/mol. The van der Waals surface area contributed by atoms with Crippen LogP contribution in [0.5, 0.6) is 5.88 Å². The largest absolute Gasteiger partial charge is 0.479 e. The van der Waals surface area contributed by atoms with Crippen molar-refractivity contribution in [2.24, 2.45) is 0 Å². The molecule has 18 heavy (non-hydrogen) atoms. The van der Waals surface area contributed by atoms with Gasteiger partial charge in [-0.3, -0.25) is 0 Å². The van der Waals surface area contributed by atoms with Gasteiger partial charge in [-0.25, -0.2) is 0 Å². The molecule has 0 aliphatic carbocycles. The Morgan fingerprint density at radius 3 is 2.78 bits per heavy atom. The molecule has 1 heterocycles. The van der Waals surface area contributed by atoms with E-state index in [1.165, 1.54) is 0 Å². The molecule has 5 heteroatoms. The summed E-state index contributed by atoms with van der Waals surface area (Å²) in [4.78, 5) is 6.59. The molecule has 0 saturated heterocycles. The first-order chi connectivity index (χ1) is 8.54. The Kier molecular flexibility index (Phi) is 5.71. The molecule has 0 spiro atoms. The minimum Gasteiger partial charge on any atom is -0.479 e. The lowest BCUT2D eigenvalue weighted by atomic mass is 10.3. The van der Waals surface area contributed by atoms with Crippen LogP contribution in [0.2, 0.25) is 0 Å². The number of nitrogens with zero attached hydrogens (tertiary/aromatic N) is 2. The van der Waals surface area contributed by atoms with Crippen LogP contribution >= 0.6 is 0 Å². The van der Waals surface area contributed by atoms with Crippen LogP contribution in [0, 0.1) is 0 Å². The van der Waals surface area contributed by atoms with Crippen LogP contribution in [0.4, 0.5) is 11.5 Å². The molecule has 0 radical (unpaired) electrons. The molecule has 1 aromatic rings. The lowest BCUT2D eigenvalue weighted by molar-refractivity contribution is 0.273. The van der Waals surface area contributed by atoms with Crippen molar-refractivity contribution >= 4 is 11.5 Å². The van der Waals surface area contributed by atoms with E-state index in [9.17, 15) is 0 Å². The third kappa shape index (κ3) is 4.41. The van der Waals surface area contributed by atoms with E-state index in [0.29, 0.717) is 17.6 Å². The van der Waals surface area contributed by atoms with Crippen molar-refractivity contribution in [2.45, 2.75) is 26.3 Å². The van der Waals surface area contributed by atoms with Crippen LogP contribution in [-0.2, 0) is 0 Å². The highest BCUT2D eigenvalue weighted by atomic mass is 16.5. The van der Waals surface area contributed by atoms with Crippen LogP contribution in [-0.4, -0.2) is 43.2 Å². The Morgan fingerprint density at radius 2 is 2.17 bits per heavy atom. The van der Waals surface area contributed by atoms with Gasteiger partial charge < -0.3 is 20.7 Å². The van der Waals surface area contributed by atoms with Gasteiger partial charge in [0, 0.05) is 12.6 Å². The SMILES string of the molecule is COc1nc(NCCCN(C)C(C)C)ccc1N. The molecule has 0 amide bonds. The van der Waals surface area contributed by atoms with Crippen LogP contribution in [0.1, 0.15) is 20.3 Å². The fourth-order valence-electron chi connectivity index (χ4n) is 1.52. The highest BCUT2D eigenvalue weighted by Crippen LogP contribution is 2.19. The molecule has 1 aromatic heterocycles. The standard InChI is InChI=1S/C13H24N4O/c1-10(2)17(3)9-5-8-15-12-7-6-11(14)13(16-12)18-4/h6-7,10H,5,8-9,14H2,1-4H3,(H,15,16). The van der Waals surface area contributed by atoms with Gasteiger partial charge in [0.25, 0.3) is 0 Å². The lowest BCUT2D eigenvalue weighted by Gasteiger charge is -2.20. The van der Waals surface area contributed by atoms with E-state index in [0.717, 1.165) is 25.3 Å². The Hall–Kier alpha value is -1.49. The summed E-state index contributed by atoms with van der Waals surface area (Å²) in [7, 11) is 3.70. The van der Waals surface area contributed by atoms with Gasteiger partial charge in [0.05, 0.1) is 12.8 Å². The number of hydrogen-bond donors (Lipinski definition) is 2. The predicted octanol–water partition coefficient (Wildman–Crippen LogP) is 1.81. The second kappa shape index (κ2) is 7.06. The molecule has 0 unspecified atom stereocenters. The van der Waals surface area contributed by atoms with Crippen molar-refractivity contribution in [3.8, 4) is 5.88 Å². The minimum atomic E-state index is 0.472. The molecule has 1 rings (SSSR count). The van der Waals surface area contributed by atoms with Crippen molar-refractivity contribution in [2.75, 3.05) is 38.3 Å². The van der Waals surface area contributed by atoms with E-state index >= 15 is 0 Å². The number of pyridine rings is 1. The van der Waals surface area contributed by atoms with E-state index < -0.39 is 0 Å². The lowest BCUT2D eigenvalue weighted by Crippen LogP contribution is -2.28. The Labute approximate surface area is 109 Å². The highest BCUT2D eigenvalue weighted by Gasteiger charge is 2.04. The zero-order valence-corrected chi connectivity index (χ0v) is 11.7. The second-order valence-electron chi connectivity index (χ2n) is 4.65. The normalized spacial score (nSPS) is 11.0. The molecule has 0 atom stereocenters. The molecular weight excluding hydrogens is 228 g/mol. The van der Waals surface area contributed by atoms with Crippen molar-refractivity contribution < 1.29 is 4.74 Å². The van der Waals surface area contributed by atoms with Gasteiger partial charge >= 0.3 is 0 Å². The Balaban J connectivity index is 2.35. The van der Waals surface area contributed by atoms with E-state index in [4.69, 9.17) is 10.5 Å². The van der Waals surface area contributed by atoms with E-state index in [1.54, 1.807) is 13.2 Å². The van der Waals surface area contributed by atoms with E-state index in [1.807, 2.05) is 6.07 Å². The first-order valence-electron chi connectivity index (χ1n) is 6.29. The summed E-state index contributed by atoms with van der Waals surface area (Å²) in [5, 5.41) is 3.27. The zero-order valence-electron chi connectivity index (χ0n) is 11.7. The number of anilines is 2. The van der Waals surface area contributed by atoms with Gasteiger partial charge in [-0.1, -0.05) is 0 Å². The molecule has 3 N–H and O–H groups in total. The third-order valence-corrected chi connectivity index (χ3v) is 2.96. The number of ether oxygens (including phenoxy) is 1. The van der Waals surface area contributed by atoms with E-state index in [2.05, 4.69) is 36.1 Å².